The van der Waals surface area contributed by atoms with E-state index in [9.17, 15) is 4.79 Å². The van der Waals surface area contributed by atoms with E-state index >= 15 is 0 Å². The molecule has 4 rings (SSSR count). The van der Waals surface area contributed by atoms with Crippen LogP contribution in [0.4, 0.5) is 10.8 Å². The molecule has 1 amide bonds. The molecule has 3 aromatic rings. The van der Waals surface area contributed by atoms with Crippen molar-refractivity contribution in [2.24, 2.45) is 0 Å². The Bertz CT molecular complexity index is 1060. The minimum Gasteiger partial charge on any atom is -0.489 e. The van der Waals surface area contributed by atoms with Gasteiger partial charge < -0.3 is 14.8 Å². The number of benzene rings is 1. The fraction of sp³-hybridized carbons (Fsp3) is 0.222. The molecule has 1 aromatic carbocycles. The van der Waals surface area contributed by atoms with E-state index in [1.807, 2.05) is 13.0 Å². The van der Waals surface area contributed by atoms with Gasteiger partial charge in [0.15, 0.2) is 0 Å². The van der Waals surface area contributed by atoms with Gasteiger partial charge in [-0.3, -0.25) is 15.1 Å². The predicted molar refractivity (Wildman–Crippen MR) is 108 cm³/mol. The van der Waals surface area contributed by atoms with Crippen LogP contribution in [0.15, 0.2) is 24.4 Å². The van der Waals surface area contributed by atoms with Crippen LogP contribution in [0.3, 0.4) is 0 Å². The Kier molecular flexibility index (Phi) is 5.01. The molecule has 1 aliphatic rings. The Morgan fingerprint density at radius 1 is 1.32 bits per heavy atom. The molecule has 144 valence electrons. The summed E-state index contributed by atoms with van der Waals surface area (Å²) in [5, 5.41) is 14.9. The number of pyridine rings is 1. The highest BCUT2D eigenvalue weighted by Gasteiger charge is 2.22. The zero-order valence-corrected chi connectivity index (χ0v) is 16.6. The number of amides is 1. The quantitative estimate of drug-likeness (QED) is 0.668. The van der Waals surface area contributed by atoms with Crippen molar-refractivity contribution in [3.63, 3.8) is 0 Å². The van der Waals surface area contributed by atoms with Crippen molar-refractivity contribution in [1.29, 1.82) is 0 Å². The number of methoxy groups -OCH3 is 1. The number of rotatable bonds is 4. The highest BCUT2D eigenvalue weighted by molar-refractivity contribution is 7.17. The summed E-state index contributed by atoms with van der Waals surface area (Å²) in [7, 11) is 1.49. The Morgan fingerprint density at radius 3 is 2.96 bits per heavy atom. The van der Waals surface area contributed by atoms with E-state index in [1.165, 1.54) is 13.3 Å². The smallest absolute Gasteiger partial charge is 0.295 e. The molecule has 28 heavy (non-hydrogen) atoms. The lowest BCUT2D eigenvalue weighted by molar-refractivity contribution is 0.102. The number of aryl methyl sites for hydroxylation is 1. The van der Waals surface area contributed by atoms with Crippen LogP contribution in [0.2, 0.25) is 5.02 Å². The highest BCUT2D eigenvalue weighted by atomic mass is 35.5. The van der Waals surface area contributed by atoms with Crippen molar-refractivity contribution in [1.82, 2.24) is 15.2 Å². The molecule has 8 nitrogen and oxygen atoms in total. The summed E-state index contributed by atoms with van der Waals surface area (Å²) in [5.41, 5.74) is 3.33. The van der Waals surface area contributed by atoms with Crippen molar-refractivity contribution in [3.8, 4) is 22.1 Å². The molecule has 0 saturated heterocycles. The van der Waals surface area contributed by atoms with Crippen LogP contribution in [0.5, 0.6) is 10.9 Å². The molecule has 0 aliphatic carbocycles. The average molecular weight is 418 g/mol. The molecule has 0 atom stereocenters. The van der Waals surface area contributed by atoms with Crippen LogP contribution in [0.25, 0.3) is 11.1 Å². The third-order valence-electron chi connectivity index (χ3n) is 4.09. The SMILES string of the molecule is COc1nnc(NC(=O)c2cnc(C)cc2-c2cc(Cl)cc3c2OCCN3)s1. The van der Waals surface area contributed by atoms with Crippen LogP contribution in [0, 0.1) is 6.92 Å². The standard InChI is InChI=1S/C18H16ClN5O3S/c1-9-5-11(12-6-10(19)7-14-15(12)27-4-3-20-14)13(8-21-9)16(25)22-17-23-24-18(26-2)28-17/h5-8,20H,3-4H2,1-2H3,(H,22,23,25). The van der Waals surface area contributed by atoms with Gasteiger partial charge in [0.05, 0.1) is 18.4 Å². The minimum absolute atomic E-state index is 0.333. The average Bonchev–Trinajstić information content (AvgIpc) is 3.14. The maximum absolute atomic E-state index is 12.9. The van der Waals surface area contributed by atoms with Gasteiger partial charge >= 0.3 is 0 Å². The third kappa shape index (κ3) is 3.58. The van der Waals surface area contributed by atoms with Crippen LogP contribution in [-0.2, 0) is 0 Å². The van der Waals surface area contributed by atoms with Gasteiger partial charge in [0.25, 0.3) is 11.1 Å². The first kappa shape index (κ1) is 18.5. The molecule has 0 unspecified atom stereocenters. The van der Waals surface area contributed by atoms with E-state index in [2.05, 4.69) is 25.8 Å². The van der Waals surface area contributed by atoms with Crippen LogP contribution in [0.1, 0.15) is 16.1 Å². The summed E-state index contributed by atoms with van der Waals surface area (Å²) in [5.74, 6) is 0.298. The Balaban J connectivity index is 1.77. The zero-order chi connectivity index (χ0) is 19.7. The summed E-state index contributed by atoms with van der Waals surface area (Å²) < 4.78 is 10.9. The van der Waals surface area contributed by atoms with E-state index in [1.54, 1.807) is 12.1 Å². The Hall–Kier alpha value is -2.91. The highest BCUT2D eigenvalue weighted by Crippen LogP contribution is 2.42. The van der Waals surface area contributed by atoms with Crippen molar-refractivity contribution >= 4 is 39.7 Å². The first-order valence-corrected chi connectivity index (χ1v) is 9.60. The van der Waals surface area contributed by atoms with Crippen molar-refractivity contribution in [3.05, 3.63) is 40.7 Å². The molecule has 0 spiro atoms. The molecule has 2 N–H and O–H groups in total. The summed E-state index contributed by atoms with van der Waals surface area (Å²) >= 11 is 7.44. The van der Waals surface area contributed by atoms with Crippen LogP contribution in [-0.4, -0.2) is 41.3 Å². The second-order valence-corrected chi connectivity index (χ2v) is 7.38. The maximum atomic E-state index is 12.9. The second-order valence-electron chi connectivity index (χ2n) is 6.01. The molecule has 3 heterocycles. The van der Waals surface area contributed by atoms with Gasteiger partial charge in [-0.05, 0) is 36.5 Å². The van der Waals surface area contributed by atoms with Crippen LogP contribution >= 0.6 is 22.9 Å². The molecule has 0 bridgehead atoms. The normalized spacial score (nSPS) is 12.5. The van der Waals surface area contributed by atoms with Gasteiger partial charge in [-0.15, -0.1) is 5.10 Å². The number of nitrogens with one attached hydrogen (secondary N) is 2. The molecular formula is C18H16ClN5O3S. The number of carbonyl (C=O) groups is 1. The topological polar surface area (TPSA) is 98.3 Å². The van der Waals surface area contributed by atoms with Gasteiger partial charge in [0.1, 0.15) is 12.4 Å². The van der Waals surface area contributed by atoms with Gasteiger partial charge in [-0.2, -0.15) is 0 Å². The maximum Gasteiger partial charge on any atom is 0.295 e. The lowest BCUT2D eigenvalue weighted by atomic mass is 9.98. The largest absolute Gasteiger partial charge is 0.489 e. The number of hydrogen-bond donors (Lipinski definition) is 2. The summed E-state index contributed by atoms with van der Waals surface area (Å²) in [6, 6.07) is 5.42. The Morgan fingerprint density at radius 2 is 2.18 bits per heavy atom. The molecular weight excluding hydrogens is 402 g/mol. The number of carbonyl (C=O) groups excluding carboxylic acids is 1. The van der Waals surface area contributed by atoms with E-state index < -0.39 is 0 Å². The van der Waals surface area contributed by atoms with Gasteiger partial charge in [-0.25, -0.2) is 0 Å². The zero-order valence-electron chi connectivity index (χ0n) is 15.1. The van der Waals surface area contributed by atoms with Gasteiger partial charge in [-0.1, -0.05) is 16.7 Å². The number of anilines is 2. The fourth-order valence-electron chi connectivity index (χ4n) is 2.89. The first-order valence-electron chi connectivity index (χ1n) is 8.41. The number of ether oxygens (including phenoxy) is 2. The number of aromatic nitrogens is 3. The number of fused-ring (bicyclic) bond motifs is 1. The monoisotopic (exact) mass is 417 g/mol. The Labute approximate surface area is 169 Å². The lowest BCUT2D eigenvalue weighted by Gasteiger charge is -2.23. The van der Waals surface area contributed by atoms with E-state index in [0.29, 0.717) is 45.4 Å². The van der Waals surface area contributed by atoms with Gasteiger partial charge in [0.2, 0.25) is 5.13 Å². The van der Waals surface area contributed by atoms with E-state index in [-0.39, 0.29) is 5.91 Å². The molecule has 0 saturated carbocycles. The summed E-state index contributed by atoms with van der Waals surface area (Å²) in [6.45, 7) is 3.07. The number of halogens is 1. The van der Waals surface area contributed by atoms with Gasteiger partial charge in [0, 0.05) is 34.6 Å². The van der Waals surface area contributed by atoms with Crippen molar-refractivity contribution in [2.45, 2.75) is 6.92 Å². The molecule has 1 aliphatic heterocycles. The summed E-state index contributed by atoms with van der Waals surface area (Å²) in [4.78, 5) is 17.2. The van der Waals surface area contributed by atoms with Crippen molar-refractivity contribution in [2.75, 3.05) is 30.9 Å². The third-order valence-corrected chi connectivity index (χ3v) is 5.11. The molecule has 0 fully saturated rings. The van der Waals surface area contributed by atoms with E-state index in [4.69, 9.17) is 21.1 Å². The predicted octanol–water partition coefficient (Wildman–Crippen LogP) is 3.63. The van der Waals surface area contributed by atoms with E-state index in [0.717, 1.165) is 28.3 Å². The molecule has 10 heteroatoms. The van der Waals surface area contributed by atoms with Crippen molar-refractivity contribution < 1.29 is 14.3 Å². The first-order chi connectivity index (χ1) is 13.5. The fourth-order valence-corrected chi connectivity index (χ4v) is 3.66. The minimum atomic E-state index is -0.362. The number of nitrogens with zero attached hydrogens (tertiary/aromatic N) is 3. The number of hydrogen-bond acceptors (Lipinski definition) is 8. The summed E-state index contributed by atoms with van der Waals surface area (Å²) in [6.07, 6.45) is 1.53. The molecule has 0 radical (unpaired) electrons. The second kappa shape index (κ2) is 7.61. The molecule has 2 aromatic heterocycles. The van der Waals surface area contributed by atoms with Crippen LogP contribution < -0.4 is 20.1 Å². The lowest BCUT2D eigenvalue weighted by Crippen LogP contribution is -2.19.